The summed E-state index contributed by atoms with van der Waals surface area (Å²) in [4.78, 5) is 22.5. The second-order valence-electron chi connectivity index (χ2n) is 3.61. The van der Waals surface area contributed by atoms with Gasteiger partial charge in [0.05, 0.1) is 11.4 Å². The van der Waals surface area contributed by atoms with Crippen molar-refractivity contribution < 1.29 is 9.59 Å². The first-order valence-corrected chi connectivity index (χ1v) is 6.32. The van der Waals surface area contributed by atoms with Gasteiger partial charge in [-0.1, -0.05) is 11.6 Å². The topological polar surface area (TPSA) is 84.2 Å². The number of benzene rings is 1. The molecule has 1 rings (SSSR count). The van der Waals surface area contributed by atoms with Crippen molar-refractivity contribution in [3.63, 3.8) is 0 Å². The van der Waals surface area contributed by atoms with Crippen LogP contribution in [0.3, 0.4) is 0 Å². The van der Waals surface area contributed by atoms with Crippen LogP contribution in [0.25, 0.3) is 0 Å². The predicted molar refractivity (Wildman–Crippen MR) is 74.4 cm³/mol. The Balaban J connectivity index is 2.80. The third-order valence-corrected chi connectivity index (χ3v) is 3.49. The lowest BCUT2D eigenvalue weighted by molar-refractivity contribution is -0.125. The largest absolute Gasteiger partial charge is 0.373 e. The molecule has 98 valence electrons. The third kappa shape index (κ3) is 4.19. The van der Waals surface area contributed by atoms with Gasteiger partial charge in [0.15, 0.2) is 0 Å². The van der Waals surface area contributed by atoms with Gasteiger partial charge in [0, 0.05) is 17.2 Å². The maximum absolute atomic E-state index is 11.2. The van der Waals surface area contributed by atoms with Crippen molar-refractivity contribution in [3.05, 3.63) is 27.7 Å². The zero-order chi connectivity index (χ0) is 13.7. The molecule has 0 aliphatic carbocycles. The summed E-state index contributed by atoms with van der Waals surface area (Å²) >= 11 is 9.13. The normalized spacial score (nSPS) is 11.7. The SMILES string of the molecule is CNC(=O)CC(Nc1ccc(Cl)c(Br)c1)C(N)=O. The number of nitrogens with one attached hydrogen (secondary N) is 2. The molecule has 0 aliphatic rings. The molecule has 1 unspecified atom stereocenters. The van der Waals surface area contributed by atoms with E-state index in [1.165, 1.54) is 7.05 Å². The number of anilines is 1. The minimum absolute atomic E-state index is 0.0217. The van der Waals surface area contributed by atoms with Crippen LogP contribution in [0.1, 0.15) is 6.42 Å². The smallest absolute Gasteiger partial charge is 0.240 e. The summed E-state index contributed by atoms with van der Waals surface area (Å²) < 4.78 is 0.692. The van der Waals surface area contributed by atoms with E-state index in [2.05, 4.69) is 26.6 Å². The molecule has 0 heterocycles. The number of rotatable bonds is 5. The third-order valence-electron chi connectivity index (χ3n) is 2.27. The first kappa shape index (κ1) is 14.8. The fraction of sp³-hybridized carbons (Fsp3) is 0.273. The summed E-state index contributed by atoms with van der Waals surface area (Å²) in [6, 6.07) is 4.32. The van der Waals surface area contributed by atoms with Crippen LogP contribution in [0.4, 0.5) is 5.69 Å². The molecule has 0 radical (unpaired) electrons. The molecular weight excluding hydrogens is 321 g/mol. The van der Waals surface area contributed by atoms with Gasteiger partial charge in [0.1, 0.15) is 6.04 Å². The second kappa shape index (κ2) is 6.61. The lowest BCUT2D eigenvalue weighted by atomic mass is 10.1. The van der Waals surface area contributed by atoms with E-state index in [0.29, 0.717) is 15.2 Å². The molecule has 18 heavy (non-hydrogen) atoms. The molecule has 0 aromatic heterocycles. The Hall–Kier alpha value is -1.27. The van der Waals surface area contributed by atoms with E-state index in [1.54, 1.807) is 18.2 Å². The van der Waals surface area contributed by atoms with Crippen LogP contribution >= 0.6 is 27.5 Å². The average molecular weight is 335 g/mol. The van der Waals surface area contributed by atoms with Crippen LogP contribution in [0.5, 0.6) is 0 Å². The van der Waals surface area contributed by atoms with E-state index in [9.17, 15) is 9.59 Å². The minimum atomic E-state index is -0.766. The molecule has 0 spiro atoms. The maximum atomic E-state index is 11.2. The number of nitrogens with two attached hydrogens (primary N) is 1. The quantitative estimate of drug-likeness (QED) is 0.763. The Kier molecular flexibility index (Phi) is 5.43. The van der Waals surface area contributed by atoms with Gasteiger partial charge in [-0.3, -0.25) is 9.59 Å². The minimum Gasteiger partial charge on any atom is -0.373 e. The van der Waals surface area contributed by atoms with Crippen molar-refractivity contribution in [3.8, 4) is 0 Å². The van der Waals surface area contributed by atoms with Crippen LogP contribution in [-0.4, -0.2) is 24.9 Å². The predicted octanol–water partition coefficient (Wildman–Crippen LogP) is 1.50. The lowest BCUT2D eigenvalue weighted by Crippen LogP contribution is -2.39. The first-order chi connectivity index (χ1) is 8.43. The van der Waals surface area contributed by atoms with E-state index in [0.717, 1.165) is 0 Å². The van der Waals surface area contributed by atoms with Crippen LogP contribution < -0.4 is 16.4 Å². The highest BCUT2D eigenvalue weighted by atomic mass is 79.9. The number of primary amides is 1. The second-order valence-corrected chi connectivity index (χ2v) is 4.87. The van der Waals surface area contributed by atoms with Gasteiger partial charge in [0.25, 0.3) is 0 Å². The summed E-state index contributed by atoms with van der Waals surface area (Å²) in [5, 5.41) is 5.89. The average Bonchev–Trinajstić information content (AvgIpc) is 2.32. The molecule has 5 nitrogen and oxygen atoms in total. The van der Waals surface area contributed by atoms with E-state index < -0.39 is 11.9 Å². The lowest BCUT2D eigenvalue weighted by Gasteiger charge is -2.16. The fourth-order valence-corrected chi connectivity index (χ4v) is 1.79. The maximum Gasteiger partial charge on any atom is 0.240 e. The molecule has 0 bridgehead atoms. The molecule has 1 aromatic carbocycles. The van der Waals surface area contributed by atoms with E-state index >= 15 is 0 Å². The molecule has 0 aliphatic heterocycles. The Morgan fingerprint density at radius 2 is 2.17 bits per heavy atom. The number of carbonyl (C=O) groups is 2. The van der Waals surface area contributed by atoms with Gasteiger partial charge in [-0.25, -0.2) is 0 Å². The van der Waals surface area contributed by atoms with Crippen LogP contribution in [-0.2, 0) is 9.59 Å². The van der Waals surface area contributed by atoms with Gasteiger partial charge in [-0.15, -0.1) is 0 Å². The zero-order valence-corrected chi connectivity index (χ0v) is 12.0. The number of amides is 2. The molecular formula is C11H13BrClN3O2. The molecule has 0 saturated carbocycles. The van der Waals surface area contributed by atoms with Gasteiger partial charge in [-0.05, 0) is 34.1 Å². The fourth-order valence-electron chi connectivity index (χ4n) is 1.30. The van der Waals surface area contributed by atoms with Crippen LogP contribution in [0, 0.1) is 0 Å². The van der Waals surface area contributed by atoms with Gasteiger partial charge in [0.2, 0.25) is 11.8 Å². The highest BCUT2D eigenvalue weighted by molar-refractivity contribution is 9.10. The van der Waals surface area contributed by atoms with Gasteiger partial charge >= 0.3 is 0 Å². The van der Waals surface area contributed by atoms with E-state index in [1.807, 2.05) is 0 Å². The standard InChI is InChI=1S/C11H13BrClN3O2/c1-15-10(17)5-9(11(14)18)16-6-2-3-8(13)7(12)4-6/h2-4,9,16H,5H2,1H3,(H2,14,18)(H,15,17). The van der Waals surface area contributed by atoms with Crippen LogP contribution in [0.2, 0.25) is 5.02 Å². The molecule has 0 saturated heterocycles. The van der Waals surface area contributed by atoms with Gasteiger partial charge < -0.3 is 16.4 Å². The monoisotopic (exact) mass is 333 g/mol. The summed E-state index contributed by atoms with van der Waals surface area (Å²) in [6.07, 6.45) is -0.0217. The van der Waals surface area contributed by atoms with Crippen molar-refractivity contribution in [2.75, 3.05) is 12.4 Å². The Morgan fingerprint density at radius 3 is 2.67 bits per heavy atom. The summed E-state index contributed by atoms with van der Waals surface area (Å²) in [5.74, 6) is -0.857. The Morgan fingerprint density at radius 1 is 1.50 bits per heavy atom. The van der Waals surface area contributed by atoms with Crippen molar-refractivity contribution >= 4 is 45.0 Å². The van der Waals surface area contributed by atoms with E-state index in [4.69, 9.17) is 17.3 Å². The molecule has 2 amide bonds. The highest BCUT2D eigenvalue weighted by Crippen LogP contribution is 2.26. The van der Waals surface area contributed by atoms with Crippen molar-refractivity contribution in [1.29, 1.82) is 0 Å². The number of carbonyl (C=O) groups excluding carboxylic acids is 2. The number of hydrogen-bond donors (Lipinski definition) is 3. The molecule has 7 heteroatoms. The van der Waals surface area contributed by atoms with Crippen molar-refractivity contribution in [1.82, 2.24) is 5.32 Å². The summed E-state index contributed by atoms with van der Waals surface area (Å²) in [6.45, 7) is 0. The first-order valence-electron chi connectivity index (χ1n) is 5.15. The summed E-state index contributed by atoms with van der Waals surface area (Å²) in [7, 11) is 1.50. The molecule has 1 atom stereocenters. The molecule has 1 aromatic rings. The van der Waals surface area contributed by atoms with Gasteiger partial charge in [-0.2, -0.15) is 0 Å². The van der Waals surface area contributed by atoms with Crippen LogP contribution in [0.15, 0.2) is 22.7 Å². The molecule has 0 fully saturated rings. The van der Waals surface area contributed by atoms with Crippen molar-refractivity contribution in [2.45, 2.75) is 12.5 Å². The Labute approximate surface area is 118 Å². The van der Waals surface area contributed by atoms with E-state index in [-0.39, 0.29) is 12.3 Å². The molecule has 4 N–H and O–H groups in total. The highest BCUT2D eigenvalue weighted by Gasteiger charge is 2.18. The zero-order valence-electron chi connectivity index (χ0n) is 9.67. The number of hydrogen-bond acceptors (Lipinski definition) is 3. The Bertz CT molecular complexity index is 468. The summed E-state index contributed by atoms with van der Waals surface area (Å²) in [5.41, 5.74) is 5.89. The van der Waals surface area contributed by atoms with Crippen molar-refractivity contribution in [2.24, 2.45) is 5.73 Å². The number of halogens is 2.